The van der Waals surface area contributed by atoms with E-state index in [1.807, 2.05) is 35.8 Å². The van der Waals surface area contributed by atoms with Crippen molar-refractivity contribution in [3.05, 3.63) is 59.2 Å². The van der Waals surface area contributed by atoms with E-state index in [0.29, 0.717) is 17.9 Å². The minimum atomic E-state index is -0.210. The van der Waals surface area contributed by atoms with Crippen LogP contribution in [-0.2, 0) is 6.42 Å². The molecule has 0 saturated carbocycles. The van der Waals surface area contributed by atoms with E-state index in [4.69, 9.17) is 11.6 Å². The molecule has 0 atom stereocenters. The normalized spacial score (nSPS) is 11.2. The Bertz CT molecular complexity index is 808. The van der Waals surface area contributed by atoms with Crippen LogP contribution in [0.2, 0.25) is 0 Å². The smallest absolute Gasteiger partial charge is 0.128 e. The van der Waals surface area contributed by atoms with Crippen LogP contribution in [0.5, 0.6) is 0 Å². The maximum atomic E-state index is 13.9. The second-order valence-corrected chi connectivity index (χ2v) is 5.61. The van der Waals surface area contributed by atoms with Crippen molar-refractivity contribution in [3.8, 4) is 5.69 Å². The lowest BCUT2D eigenvalue weighted by Crippen LogP contribution is -2.03. The lowest BCUT2D eigenvalue weighted by molar-refractivity contribution is 0.617. The molecule has 1 heterocycles. The lowest BCUT2D eigenvalue weighted by Gasteiger charge is -2.09. The molecule has 4 heteroatoms. The Morgan fingerprint density at radius 3 is 2.67 bits per heavy atom. The molecule has 108 valence electrons. The molecule has 0 aliphatic heterocycles. The molecular weight excluding hydrogens is 287 g/mol. The Labute approximate surface area is 128 Å². The Morgan fingerprint density at radius 1 is 1.14 bits per heavy atom. The number of rotatable bonds is 3. The van der Waals surface area contributed by atoms with Gasteiger partial charge in [0.05, 0.1) is 16.7 Å². The fourth-order valence-corrected chi connectivity index (χ4v) is 2.67. The molecule has 0 spiro atoms. The molecule has 0 bridgehead atoms. The zero-order chi connectivity index (χ0) is 15.0. The third kappa shape index (κ3) is 2.54. The van der Waals surface area contributed by atoms with Gasteiger partial charge in [-0.1, -0.05) is 12.1 Å². The van der Waals surface area contributed by atoms with Gasteiger partial charge in [0, 0.05) is 12.3 Å². The highest BCUT2D eigenvalue weighted by Gasteiger charge is 2.13. The minimum Gasteiger partial charge on any atom is -0.296 e. The van der Waals surface area contributed by atoms with Crippen LogP contribution >= 0.6 is 11.6 Å². The first-order valence-electron chi connectivity index (χ1n) is 6.90. The Hall–Kier alpha value is -1.87. The predicted molar refractivity (Wildman–Crippen MR) is 84.9 cm³/mol. The summed E-state index contributed by atoms with van der Waals surface area (Å²) in [7, 11) is 0. The van der Waals surface area contributed by atoms with Crippen LogP contribution in [0.25, 0.3) is 16.7 Å². The monoisotopic (exact) mass is 302 g/mol. The molecule has 2 aromatic carbocycles. The molecule has 0 aliphatic carbocycles. The van der Waals surface area contributed by atoms with Gasteiger partial charge in [-0.2, -0.15) is 0 Å². The molecule has 0 saturated heterocycles. The highest BCUT2D eigenvalue weighted by atomic mass is 35.5. The first-order chi connectivity index (χ1) is 10.1. The first kappa shape index (κ1) is 14.1. The molecule has 1 aromatic heterocycles. The fourth-order valence-electron chi connectivity index (χ4n) is 2.50. The van der Waals surface area contributed by atoms with Crippen LogP contribution in [-0.4, -0.2) is 15.4 Å². The van der Waals surface area contributed by atoms with Gasteiger partial charge in [-0.3, -0.25) is 4.57 Å². The topological polar surface area (TPSA) is 17.8 Å². The highest BCUT2D eigenvalue weighted by molar-refractivity contribution is 6.17. The molecule has 3 aromatic rings. The van der Waals surface area contributed by atoms with Crippen molar-refractivity contribution in [3.63, 3.8) is 0 Å². The summed E-state index contributed by atoms with van der Waals surface area (Å²) in [6.07, 6.45) is 0.644. The molecule has 2 nitrogen and oxygen atoms in total. The number of imidazole rings is 1. The molecule has 0 fully saturated rings. The van der Waals surface area contributed by atoms with Crippen LogP contribution in [0.15, 0.2) is 36.4 Å². The van der Waals surface area contributed by atoms with Gasteiger partial charge >= 0.3 is 0 Å². The van der Waals surface area contributed by atoms with Gasteiger partial charge in [0.2, 0.25) is 0 Å². The Morgan fingerprint density at radius 2 is 1.95 bits per heavy atom. The van der Waals surface area contributed by atoms with Gasteiger partial charge in [-0.25, -0.2) is 9.37 Å². The van der Waals surface area contributed by atoms with Gasteiger partial charge < -0.3 is 0 Å². The van der Waals surface area contributed by atoms with Crippen LogP contribution in [0.3, 0.4) is 0 Å². The minimum absolute atomic E-state index is 0.210. The van der Waals surface area contributed by atoms with E-state index in [-0.39, 0.29) is 5.82 Å². The zero-order valence-electron chi connectivity index (χ0n) is 12.0. The van der Waals surface area contributed by atoms with Crippen molar-refractivity contribution in [1.29, 1.82) is 0 Å². The quantitative estimate of drug-likeness (QED) is 0.648. The van der Waals surface area contributed by atoms with Gasteiger partial charge in [-0.15, -0.1) is 11.6 Å². The average Bonchev–Trinajstić information content (AvgIpc) is 2.79. The first-order valence-corrected chi connectivity index (χ1v) is 7.44. The molecule has 3 rings (SSSR count). The van der Waals surface area contributed by atoms with E-state index in [0.717, 1.165) is 28.1 Å². The number of nitrogens with zero attached hydrogens (tertiary/aromatic N) is 2. The predicted octanol–water partition coefficient (Wildman–Crippen LogP) is 4.56. The number of benzene rings is 2. The van der Waals surface area contributed by atoms with Crippen LogP contribution in [0, 0.1) is 19.7 Å². The van der Waals surface area contributed by atoms with Crippen molar-refractivity contribution in [2.75, 3.05) is 5.88 Å². The molecule has 0 radical (unpaired) electrons. The molecule has 21 heavy (non-hydrogen) atoms. The van der Waals surface area contributed by atoms with E-state index in [1.165, 1.54) is 0 Å². The van der Waals surface area contributed by atoms with E-state index in [1.54, 1.807) is 19.1 Å². The van der Waals surface area contributed by atoms with Gasteiger partial charge in [-0.05, 0) is 49.2 Å². The summed E-state index contributed by atoms with van der Waals surface area (Å²) in [5.41, 5.74) is 4.46. The summed E-state index contributed by atoms with van der Waals surface area (Å²) >= 11 is 5.88. The van der Waals surface area contributed by atoms with Crippen LogP contribution in [0.4, 0.5) is 4.39 Å². The second-order valence-electron chi connectivity index (χ2n) is 5.23. The van der Waals surface area contributed by atoms with Crippen molar-refractivity contribution in [2.45, 2.75) is 20.3 Å². The standard InChI is InChI=1S/C17H16ClFN2/c1-11-3-6-16-15(9-11)20-17(7-8-18)21(16)13-5-4-12(2)14(19)10-13/h3-6,9-10H,7-8H2,1-2H3. The average molecular weight is 303 g/mol. The van der Waals surface area contributed by atoms with Crippen molar-refractivity contribution in [2.24, 2.45) is 0 Å². The van der Waals surface area contributed by atoms with Gasteiger partial charge in [0.25, 0.3) is 0 Å². The summed E-state index contributed by atoms with van der Waals surface area (Å²) < 4.78 is 15.9. The zero-order valence-corrected chi connectivity index (χ0v) is 12.8. The van der Waals surface area contributed by atoms with Crippen molar-refractivity contribution >= 4 is 22.6 Å². The summed E-state index contributed by atoms with van der Waals surface area (Å²) in [5, 5.41) is 0. The van der Waals surface area contributed by atoms with Crippen LogP contribution in [0.1, 0.15) is 17.0 Å². The van der Waals surface area contributed by atoms with Crippen LogP contribution < -0.4 is 0 Å². The number of aromatic nitrogens is 2. The third-order valence-corrected chi connectivity index (χ3v) is 3.80. The number of fused-ring (bicyclic) bond motifs is 1. The molecular formula is C17H16ClFN2. The highest BCUT2D eigenvalue weighted by Crippen LogP contribution is 2.24. The van der Waals surface area contributed by atoms with Crippen molar-refractivity contribution in [1.82, 2.24) is 9.55 Å². The van der Waals surface area contributed by atoms with E-state index in [2.05, 4.69) is 4.98 Å². The lowest BCUT2D eigenvalue weighted by atomic mass is 10.2. The number of hydrogen-bond acceptors (Lipinski definition) is 1. The largest absolute Gasteiger partial charge is 0.296 e. The van der Waals surface area contributed by atoms with E-state index >= 15 is 0 Å². The summed E-state index contributed by atoms with van der Waals surface area (Å²) in [5.74, 6) is 1.13. The van der Waals surface area contributed by atoms with Gasteiger partial charge in [0.15, 0.2) is 0 Å². The van der Waals surface area contributed by atoms with E-state index in [9.17, 15) is 4.39 Å². The number of halogens is 2. The molecule has 0 N–H and O–H groups in total. The summed E-state index contributed by atoms with van der Waals surface area (Å²) in [4.78, 5) is 4.65. The molecule has 0 aliphatic rings. The number of alkyl halides is 1. The second kappa shape index (κ2) is 5.49. The maximum absolute atomic E-state index is 13.9. The Kier molecular flexibility index (Phi) is 3.68. The number of aryl methyl sites for hydroxylation is 3. The SMILES string of the molecule is Cc1ccc2c(c1)nc(CCCl)n2-c1ccc(C)c(F)c1. The van der Waals surface area contributed by atoms with E-state index < -0.39 is 0 Å². The molecule has 0 unspecified atom stereocenters. The molecule has 0 amide bonds. The third-order valence-electron chi connectivity index (χ3n) is 3.61. The number of hydrogen-bond donors (Lipinski definition) is 0. The summed E-state index contributed by atoms with van der Waals surface area (Å²) in [6, 6.07) is 11.3. The van der Waals surface area contributed by atoms with Gasteiger partial charge in [0.1, 0.15) is 11.6 Å². The summed E-state index contributed by atoms with van der Waals surface area (Å²) in [6.45, 7) is 3.79. The van der Waals surface area contributed by atoms with Crippen molar-refractivity contribution < 1.29 is 4.39 Å². The Balaban J connectivity index is 2.27. The maximum Gasteiger partial charge on any atom is 0.128 e. The fraction of sp³-hybridized carbons (Fsp3) is 0.235.